The number of nitrogens with one attached hydrogen (secondary N) is 1. The van der Waals surface area contributed by atoms with Gasteiger partial charge in [0, 0.05) is 23.2 Å². The number of rotatable bonds is 3. The van der Waals surface area contributed by atoms with Gasteiger partial charge < -0.3 is 10.2 Å². The molecule has 6 heteroatoms. The molecular weight excluding hydrogens is 392 g/mol. The van der Waals surface area contributed by atoms with Crippen molar-refractivity contribution in [1.82, 2.24) is 4.90 Å². The van der Waals surface area contributed by atoms with Crippen molar-refractivity contribution in [2.75, 3.05) is 18.4 Å². The molecule has 0 aliphatic carbocycles. The lowest BCUT2D eigenvalue weighted by Crippen LogP contribution is -2.38. The number of amides is 2. The quantitative estimate of drug-likeness (QED) is 0.601. The minimum Gasteiger partial charge on any atom is -0.339 e. The SMILES string of the molecule is CC1CCN(C(=O)c2ccccc2NC(=O)c2sc3ccccc3c2Cl)CC1. The van der Waals surface area contributed by atoms with Gasteiger partial charge >= 0.3 is 0 Å². The van der Waals surface area contributed by atoms with Gasteiger partial charge in [-0.1, -0.05) is 48.9 Å². The number of benzene rings is 2. The Bertz CT molecular complexity index is 1040. The Hall–Kier alpha value is -2.37. The number of anilines is 1. The summed E-state index contributed by atoms with van der Waals surface area (Å²) < 4.78 is 0.962. The normalized spacial score (nSPS) is 15.0. The molecule has 1 N–H and O–H groups in total. The van der Waals surface area contributed by atoms with Crippen LogP contribution in [0.3, 0.4) is 0 Å². The van der Waals surface area contributed by atoms with E-state index in [2.05, 4.69) is 12.2 Å². The minimum absolute atomic E-state index is 0.0368. The van der Waals surface area contributed by atoms with Gasteiger partial charge in [-0.15, -0.1) is 11.3 Å². The van der Waals surface area contributed by atoms with Crippen molar-refractivity contribution >= 4 is 50.5 Å². The topological polar surface area (TPSA) is 49.4 Å². The molecule has 0 radical (unpaired) electrons. The minimum atomic E-state index is -0.293. The van der Waals surface area contributed by atoms with Crippen molar-refractivity contribution < 1.29 is 9.59 Å². The lowest BCUT2D eigenvalue weighted by Gasteiger charge is -2.30. The number of nitrogens with zero attached hydrogens (tertiary/aromatic N) is 1. The molecule has 0 spiro atoms. The zero-order valence-corrected chi connectivity index (χ0v) is 17.1. The number of carbonyl (C=O) groups excluding carboxylic acids is 2. The van der Waals surface area contributed by atoms with Crippen molar-refractivity contribution in [3.05, 3.63) is 64.0 Å². The van der Waals surface area contributed by atoms with Crippen molar-refractivity contribution in [3.63, 3.8) is 0 Å². The van der Waals surface area contributed by atoms with Gasteiger partial charge in [0.05, 0.1) is 16.3 Å². The number of hydrogen-bond acceptors (Lipinski definition) is 3. The molecule has 1 aromatic heterocycles. The van der Waals surface area contributed by atoms with Crippen LogP contribution in [0.2, 0.25) is 5.02 Å². The van der Waals surface area contributed by atoms with Crippen LogP contribution in [0, 0.1) is 5.92 Å². The lowest BCUT2D eigenvalue weighted by molar-refractivity contribution is 0.0698. The van der Waals surface area contributed by atoms with Gasteiger partial charge in [0.2, 0.25) is 0 Å². The van der Waals surface area contributed by atoms with Crippen molar-refractivity contribution in [2.45, 2.75) is 19.8 Å². The molecule has 1 fully saturated rings. The zero-order chi connectivity index (χ0) is 19.7. The van der Waals surface area contributed by atoms with Crippen LogP contribution in [0.5, 0.6) is 0 Å². The largest absolute Gasteiger partial charge is 0.339 e. The van der Waals surface area contributed by atoms with Crippen LogP contribution in [0.4, 0.5) is 5.69 Å². The fourth-order valence-electron chi connectivity index (χ4n) is 3.50. The number of thiophene rings is 1. The maximum Gasteiger partial charge on any atom is 0.267 e. The lowest BCUT2D eigenvalue weighted by atomic mass is 9.98. The second-order valence-corrected chi connectivity index (χ2v) is 8.65. The first-order valence-corrected chi connectivity index (χ1v) is 10.6. The summed E-state index contributed by atoms with van der Waals surface area (Å²) in [5, 5.41) is 4.21. The monoisotopic (exact) mass is 412 g/mol. The first-order chi connectivity index (χ1) is 13.5. The molecule has 2 aromatic carbocycles. The molecule has 144 valence electrons. The van der Waals surface area contributed by atoms with E-state index in [0.29, 0.717) is 27.1 Å². The van der Waals surface area contributed by atoms with Gasteiger partial charge in [-0.3, -0.25) is 9.59 Å². The maximum atomic E-state index is 13.0. The van der Waals surface area contributed by atoms with E-state index in [4.69, 9.17) is 11.6 Å². The van der Waals surface area contributed by atoms with Gasteiger partial charge in [-0.25, -0.2) is 0 Å². The third-order valence-electron chi connectivity index (χ3n) is 5.22. The molecule has 3 aromatic rings. The number of hydrogen-bond donors (Lipinski definition) is 1. The highest BCUT2D eigenvalue weighted by Crippen LogP contribution is 2.35. The van der Waals surface area contributed by atoms with Crippen LogP contribution >= 0.6 is 22.9 Å². The van der Waals surface area contributed by atoms with Crippen molar-refractivity contribution in [2.24, 2.45) is 5.92 Å². The summed E-state index contributed by atoms with van der Waals surface area (Å²) in [5.41, 5.74) is 1.03. The standard InChI is InChI=1S/C22H21ClN2O2S/c1-14-10-12-25(13-11-14)22(27)15-6-2-4-8-17(15)24-21(26)20-19(23)16-7-3-5-9-18(16)28-20/h2-9,14H,10-13H2,1H3,(H,24,26). The molecule has 0 unspecified atom stereocenters. The molecule has 1 aliphatic heterocycles. The maximum absolute atomic E-state index is 13.0. The summed E-state index contributed by atoms with van der Waals surface area (Å²) in [6.45, 7) is 3.72. The Morgan fingerprint density at radius 3 is 2.50 bits per heavy atom. The number of piperidine rings is 1. The molecule has 2 amide bonds. The average Bonchev–Trinajstić information content (AvgIpc) is 3.05. The van der Waals surface area contributed by atoms with Gasteiger partial charge in [0.1, 0.15) is 4.88 Å². The highest BCUT2D eigenvalue weighted by Gasteiger charge is 2.24. The predicted octanol–water partition coefficient (Wildman–Crippen LogP) is 5.68. The molecule has 0 saturated carbocycles. The molecule has 0 bridgehead atoms. The van der Waals surface area contributed by atoms with E-state index in [1.807, 2.05) is 41.3 Å². The second kappa shape index (κ2) is 7.94. The number of halogens is 1. The van der Waals surface area contributed by atoms with Crippen molar-refractivity contribution in [3.8, 4) is 0 Å². The summed E-state index contributed by atoms with van der Waals surface area (Å²) in [6, 6.07) is 14.8. The van der Waals surface area contributed by atoms with Crippen LogP contribution in [0.25, 0.3) is 10.1 Å². The Morgan fingerprint density at radius 1 is 1.07 bits per heavy atom. The number of likely N-dealkylation sites (tertiary alicyclic amines) is 1. The fourth-order valence-corrected chi connectivity index (χ4v) is 4.91. The first-order valence-electron chi connectivity index (χ1n) is 9.41. The smallest absolute Gasteiger partial charge is 0.267 e. The van der Waals surface area contributed by atoms with Crippen LogP contribution in [0.1, 0.15) is 39.8 Å². The molecule has 4 nitrogen and oxygen atoms in total. The summed E-state index contributed by atoms with van der Waals surface area (Å²) in [4.78, 5) is 28.2. The van der Waals surface area contributed by atoms with Gasteiger partial charge in [-0.05, 0) is 37.0 Å². The molecule has 2 heterocycles. The van der Waals surface area contributed by atoms with E-state index >= 15 is 0 Å². The highest BCUT2D eigenvalue weighted by atomic mass is 35.5. The summed E-state index contributed by atoms with van der Waals surface area (Å²) >= 11 is 7.78. The number of fused-ring (bicyclic) bond motifs is 1. The molecule has 28 heavy (non-hydrogen) atoms. The van der Waals surface area contributed by atoms with Crippen LogP contribution in [-0.4, -0.2) is 29.8 Å². The first kappa shape index (κ1) is 19.0. The number of para-hydroxylation sites is 1. The Labute approximate surface area is 173 Å². The molecular formula is C22H21ClN2O2S. The predicted molar refractivity (Wildman–Crippen MR) is 116 cm³/mol. The zero-order valence-electron chi connectivity index (χ0n) is 15.6. The Kier molecular flexibility index (Phi) is 5.38. The van der Waals surface area contributed by atoms with Gasteiger partial charge in [-0.2, -0.15) is 0 Å². The third kappa shape index (κ3) is 3.64. The Morgan fingerprint density at radius 2 is 1.75 bits per heavy atom. The highest BCUT2D eigenvalue weighted by molar-refractivity contribution is 7.21. The van der Waals surface area contributed by atoms with E-state index in [1.165, 1.54) is 11.3 Å². The number of carbonyl (C=O) groups is 2. The van der Waals surface area contributed by atoms with E-state index in [0.717, 1.165) is 36.0 Å². The second-order valence-electron chi connectivity index (χ2n) is 7.22. The van der Waals surface area contributed by atoms with Gasteiger partial charge in [0.25, 0.3) is 11.8 Å². The molecule has 4 rings (SSSR count). The molecule has 1 aliphatic rings. The van der Waals surface area contributed by atoms with Crippen LogP contribution in [-0.2, 0) is 0 Å². The molecule has 1 saturated heterocycles. The van der Waals surface area contributed by atoms with Crippen LogP contribution in [0.15, 0.2) is 48.5 Å². The van der Waals surface area contributed by atoms with Crippen LogP contribution < -0.4 is 5.32 Å². The van der Waals surface area contributed by atoms with Crippen molar-refractivity contribution in [1.29, 1.82) is 0 Å². The average molecular weight is 413 g/mol. The summed E-state index contributed by atoms with van der Waals surface area (Å²) in [7, 11) is 0. The van der Waals surface area contributed by atoms with E-state index in [-0.39, 0.29) is 11.8 Å². The molecule has 0 atom stereocenters. The van der Waals surface area contributed by atoms with E-state index < -0.39 is 0 Å². The fraction of sp³-hybridized carbons (Fsp3) is 0.273. The Balaban J connectivity index is 1.59. The summed E-state index contributed by atoms with van der Waals surface area (Å²) in [6.07, 6.45) is 2.02. The van der Waals surface area contributed by atoms with E-state index in [9.17, 15) is 9.59 Å². The third-order valence-corrected chi connectivity index (χ3v) is 6.89. The summed E-state index contributed by atoms with van der Waals surface area (Å²) in [5.74, 6) is 0.318. The van der Waals surface area contributed by atoms with Gasteiger partial charge in [0.15, 0.2) is 0 Å². The van der Waals surface area contributed by atoms with E-state index in [1.54, 1.807) is 12.1 Å².